The second-order valence-electron chi connectivity index (χ2n) is 6.08. The van der Waals surface area contributed by atoms with Crippen molar-refractivity contribution in [2.24, 2.45) is 0 Å². The lowest BCUT2D eigenvalue weighted by atomic mass is 9.97. The molecule has 0 aliphatic carbocycles. The molecule has 3 aromatic rings. The number of carbonyl (C=O) groups is 1. The second-order valence-corrected chi connectivity index (χ2v) is 6.94. The van der Waals surface area contributed by atoms with Gasteiger partial charge in [-0.3, -0.25) is 4.98 Å². The Hall–Kier alpha value is -3.50. The molecule has 0 saturated heterocycles. The average molecular weight is 373 g/mol. The van der Waals surface area contributed by atoms with Crippen LogP contribution in [0.2, 0.25) is 0 Å². The standard InChI is InChI=1S/C20H15N5OS/c1-12-17(18(25-20(26)23-12)15-6-8-22-9-7-15)19-24-16(11-27-19)14-4-2-13(10-21)3-5-14/h2-9,11,18H,1H3,(H2,23,25,26). The van der Waals surface area contributed by atoms with E-state index in [1.165, 1.54) is 11.3 Å². The van der Waals surface area contributed by atoms with E-state index in [2.05, 4.69) is 21.7 Å². The normalized spacial score (nSPS) is 16.4. The van der Waals surface area contributed by atoms with E-state index in [9.17, 15) is 4.79 Å². The van der Waals surface area contributed by atoms with Crippen molar-refractivity contribution >= 4 is 22.9 Å². The zero-order valence-electron chi connectivity index (χ0n) is 14.4. The summed E-state index contributed by atoms with van der Waals surface area (Å²) in [5.74, 6) is 0. The minimum atomic E-state index is -0.290. The topological polar surface area (TPSA) is 90.7 Å². The van der Waals surface area contributed by atoms with Crippen LogP contribution in [0.5, 0.6) is 0 Å². The van der Waals surface area contributed by atoms with Crippen molar-refractivity contribution in [1.29, 1.82) is 5.26 Å². The molecular weight excluding hydrogens is 358 g/mol. The largest absolute Gasteiger partial charge is 0.327 e. The number of rotatable bonds is 3. The number of pyridine rings is 1. The number of hydrogen-bond acceptors (Lipinski definition) is 5. The SMILES string of the molecule is CC1=C(c2nc(-c3ccc(C#N)cc3)cs2)C(c2ccncc2)NC(=O)N1. The average Bonchev–Trinajstić information content (AvgIpc) is 3.18. The fourth-order valence-corrected chi connectivity index (χ4v) is 3.99. The minimum Gasteiger partial charge on any atom is -0.327 e. The highest BCUT2D eigenvalue weighted by Gasteiger charge is 2.29. The van der Waals surface area contributed by atoms with Crippen LogP contribution in [0.1, 0.15) is 29.1 Å². The molecule has 1 atom stereocenters. The molecule has 1 aliphatic rings. The van der Waals surface area contributed by atoms with Crippen LogP contribution in [0.3, 0.4) is 0 Å². The number of nitriles is 1. The van der Waals surface area contributed by atoms with Crippen molar-refractivity contribution < 1.29 is 4.79 Å². The van der Waals surface area contributed by atoms with Crippen LogP contribution in [0.25, 0.3) is 16.8 Å². The minimum absolute atomic E-state index is 0.234. The van der Waals surface area contributed by atoms with Crippen molar-refractivity contribution in [3.63, 3.8) is 0 Å². The summed E-state index contributed by atoms with van der Waals surface area (Å²) in [6.45, 7) is 1.88. The van der Waals surface area contributed by atoms with Gasteiger partial charge in [0.1, 0.15) is 5.01 Å². The number of benzene rings is 1. The molecule has 2 aromatic heterocycles. The van der Waals surface area contributed by atoms with Crippen molar-refractivity contribution in [3.05, 3.63) is 76.0 Å². The Morgan fingerprint density at radius 1 is 1.15 bits per heavy atom. The van der Waals surface area contributed by atoms with E-state index >= 15 is 0 Å². The molecule has 27 heavy (non-hydrogen) atoms. The van der Waals surface area contributed by atoms with Crippen LogP contribution < -0.4 is 10.6 Å². The summed E-state index contributed by atoms with van der Waals surface area (Å²) in [6.07, 6.45) is 3.42. The van der Waals surface area contributed by atoms with Crippen LogP contribution in [0, 0.1) is 11.3 Å². The van der Waals surface area contributed by atoms with E-state index in [1.54, 1.807) is 24.5 Å². The fourth-order valence-electron chi connectivity index (χ4n) is 3.03. The molecule has 2 amide bonds. The van der Waals surface area contributed by atoms with Crippen LogP contribution >= 0.6 is 11.3 Å². The van der Waals surface area contributed by atoms with Crippen molar-refractivity contribution in [2.45, 2.75) is 13.0 Å². The first-order chi connectivity index (χ1) is 13.2. The first-order valence-electron chi connectivity index (χ1n) is 8.30. The number of nitrogens with zero attached hydrogens (tertiary/aromatic N) is 3. The van der Waals surface area contributed by atoms with Crippen molar-refractivity contribution in [3.8, 4) is 17.3 Å². The lowest BCUT2D eigenvalue weighted by molar-refractivity contribution is 0.240. The number of thiazole rings is 1. The highest BCUT2D eigenvalue weighted by molar-refractivity contribution is 7.11. The van der Waals surface area contributed by atoms with Crippen molar-refractivity contribution in [2.75, 3.05) is 0 Å². The molecule has 1 aromatic carbocycles. The number of urea groups is 1. The molecular formula is C20H15N5OS. The monoisotopic (exact) mass is 373 g/mol. The van der Waals surface area contributed by atoms with Gasteiger partial charge in [0, 0.05) is 34.6 Å². The number of nitrogens with one attached hydrogen (secondary N) is 2. The van der Waals surface area contributed by atoms with Gasteiger partial charge >= 0.3 is 6.03 Å². The summed E-state index contributed by atoms with van der Waals surface area (Å²) in [5.41, 5.74) is 5.06. The van der Waals surface area contributed by atoms with Crippen LogP contribution in [0.4, 0.5) is 4.79 Å². The predicted molar refractivity (Wildman–Crippen MR) is 104 cm³/mol. The van der Waals surface area contributed by atoms with Gasteiger partial charge in [-0.1, -0.05) is 12.1 Å². The first kappa shape index (κ1) is 16.9. The Labute approximate surface area is 160 Å². The molecule has 0 bridgehead atoms. The van der Waals surface area contributed by atoms with Crippen LogP contribution in [-0.2, 0) is 0 Å². The molecule has 0 saturated carbocycles. The smallest absolute Gasteiger partial charge is 0.319 e. The lowest BCUT2D eigenvalue weighted by Crippen LogP contribution is -2.42. The van der Waals surface area contributed by atoms with Crippen LogP contribution in [0.15, 0.2) is 59.9 Å². The predicted octanol–water partition coefficient (Wildman–Crippen LogP) is 3.86. The Morgan fingerprint density at radius 2 is 1.89 bits per heavy atom. The molecule has 4 rings (SSSR count). The van der Waals surface area contributed by atoms with Gasteiger partial charge in [-0.05, 0) is 36.8 Å². The third-order valence-electron chi connectivity index (χ3n) is 4.35. The molecule has 1 unspecified atom stereocenters. The Bertz CT molecular complexity index is 1060. The fraction of sp³-hybridized carbons (Fsp3) is 0.100. The van der Waals surface area contributed by atoms with E-state index in [0.717, 1.165) is 33.1 Å². The van der Waals surface area contributed by atoms with Gasteiger partial charge in [0.25, 0.3) is 0 Å². The zero-order valence-corrected chi connectivity index (χ0v) is 15.2. The van der Waals surface area contributed by atoms with E-state index in [-0.39, 0.29) is 12.1 Å². The van der Waals surface area contributed by atoms with Crippen LogP contribution in [-0.4, -0.2) is 16.0 Å². The molecule has 0 spiro atoms. The number of amides is 2. The zero-order chi connectivity index (χ0) is 18.8. The van der Waals surface area contributed by atoms with E-state index in [4.69, 9.17) is 10.2 Å². The summed E-state index contributed by atoms with van der Waals surface area (Å²) in [4.78, 5) is 20.8. The quantitative estimate of drug-likeness (QED) is 0.729. The molecule has 132 valence electrons. The number of carbonyl (C=O) groups excluding carboxylic acids is 1. The van der Waals surface area contributed by atoms with Crippen molar-refractivity contribution in [1.82, 2.24) is 20.6 Å². The molecule has 3 heterocycles. The molecule has 0 radical (unpaired) electrons. The maximum atomic E-state index is 12.0. The van der Waals surface area contributed by atoms with Gasteiger partial charge in [0.05, 0.1) is 23.4 Å². The van der Waals surface area contributed by atoms with Gasteiger partial charge in [-0.15, -0.1) is 11.3 Å². The van der Waals surface area contributed by atoms with Gasteiger partial charge < -0.3 is 10.6 Å². The summed E-state index contributed by atoms with van der Waals surface area (Å²) in [7, 11) is 0. The Balaban J connectivity index is 1.74. The van der Waals surface area contributed by atoms with E-state index < -0.39 is 0 Å². The van der Waals surface area contributed by atoms with Gasteiger partial charge in [-0.25, -0.2) is 9.78 Å². The summed E-state index contributed by atoms with van der Waals surface area (Å²) < 4.78 is 0. The molecule has 2 N–H and O–H groups in total. The lowest BCUT2D eigenvalue weighted by Gasteiger charge is -2.28. The van der Waals surface area contributed by atoms with E-state index in [0.29, 0.717) is 5.56 Å². The molecule has 1 aliphatic heterocycles. The second kappa shape index (κ2) is 7.02. The molecule has 0 fully saturated rings. The van der Waals surface area contributed by atoms with E-state index in [1.807, 2.05) is 36.6 Å². The third kappa shape index (κ3) is 3.30. The highest BCUT2D eigenvalue weighted by Crippen LogP contribution is 2.37. The summed E-state index contributed by atoms with van der Waals surface area (Å²) >= 11 is 1.52. The van der Waals surface area contributed by atoms with Gasteiger partial charge in [-0.2, -0.15) is 5.26 Å². The number of hydrogen-bond donors (Lipinski definition) is 2. The summed E-state index contributed by atoms with van der Waals surface area (Å²) in [5, 5.41) is 17.6. The molecule has 6 nitrogen and oxygen atoms in total. The maximum Gasteiger partial charge on any atom is 0.319 e. The highest BCUT2D eigenvalue weighted by atomic mass is 32.1. The third-order valence-corrected chi connectivity index (χ3v) is 5.23. The van der Waals surface area contributed by atoms with Gasteiger partial charge in [0.15, 0.2) is 0 Å². The maximum absolute atomic E-state index is 12.0. The van der Waals surface area contributed by atoms with Gasteiger partial charge in [0.2, 0.25) is 0 Å². The number of allylic oxidation sites excluding steroid dienone is 1. The first-order valence-corrected chi connectivity index (χ1v) is 9.18. The number of aromatic nitrogens is 2. The Kier molecular flexibility index (Phi) is 4.40. The Morgan fingerprint density at radius 3 is 2.59 bits per heavy atom. The summed E-state index contributed by atoms with van der Waals surface area (Å²) in [6, 6.07) is 12.7. The molecule has 7 heteroatoms.